The highest BCUT2D eigenvalue weighted by Crippen LogP contribution is 2.29. The zero-order valence-corrected chi connectivity index (χ0v) is 15.6. The zero-order valence-electron chi connectivity index (χ0n) is 13.9. The normalized spacial score (nSPS) is 18.8. The van der Waals surface area contributed by atoms with Crippen LogP contribution in [-0.4, -0.2) is 31.2 Å². The Morgan fingerprint density at radius 2 is 1.96 bits per heavy atom. The second kappa shape index (κ2) is 8.12. The molecule has 0 saturated carbocycles. The number of carbonyl (C=O) groups is 1. The summed E-state index contributed by atoms with van der Waals surface area (Å²) in [5.74, 6) is -0.109. The number of hydrogen-bond acceptors (Lipinski definition) is 4. The van der Waals surface area contributed by atoms with Gasteiger partial charge in [0.2, 0.25) is 5.91 Å². The molecule has 1 aromatic heterocycles. The van der Waals surface area contributed by atoms with E-state index in [1.165, 1.54) is 15.6 Å². The lowest BCUT2D eigenvalue weighted by Crippen LogP contribution is -2.45. The molecule has 2 aromatic rings. The summed E-state index contributed by atoms with van der Waals surface area (Å²) in [6, 6.07) is 12.8. The van der Waals surface area contributed by atoms with Gasteiger partial charge in [0.25, 0.3) is 10.0 Å². The van der Waals surface area contributed by atoms with E-state index in [0.29, 0.717) is 17.3 Å². The van der Waals surface area contributed by atoms with Crippen LogP contribution in [0.1, 0.15) is 31.2 Å². The molecule has 1 amide bonds. The Morgan fingerprint density at radius 1 is 1.16 bits per heavy atom. The summed E-state index contributed by atoms with van der Waals surface area (Å²) >= 11 is 1.22. The Labute approximate surface area is 152 Å². The summed E-state index contributed by atoms with van der Waals surface area (Å²) in [7, 11) is -3.51. The summed E-state index contributed by atoms with van der Waals surface area (Å²) < 4.78 is 27.5. The number of rotatable bonds is 6. The van der Waals surface area contributed by atoms with E-state index in [1.54, 1.807) is 17.5 Å². The Hall–Kier alpha value is -1.70. The summed E-state index contributed by atoms with van der Waals surface area (Å²) in [6.07, 6.45) is 2.72. The molecule has 5 nitrogen and oxygen atoms in total. The Bertz CT molecular complexity index is 789. The Balaban J connectivity index is 1.64. The van der Waals surface area contributed by atoms with E-state index in [1.807, 2.05) is 30.3 Å². The highest BCUT2D eigenvalue weighted by Gasteiger charge is 2.35. The van der Waals surface area contributed by atoms with Crippen molar-refractivity contribution in [2.24, 2.45) is 0 Å². The molecule has 1 fully saturated rings. The Kier molecular flexibility index (Phi) is 5.88. The molecule has 3 rings (SSSR count). The van der Waals surface area contributed by atoms with Gasteiger partial charge in [0, 0.05) is 25.6 Å². The van der Waals surface area contributed by atoms with Crippen LogP contribution in [0, 0.1) is 0 Å². The molecule has 0 aliphatic carbocycles. The van der Waals surface area contributed by atoms with E-state index >= 15 is 0 Å². The van der Waals surface area contributed by atoms with Crippen molar-refractivity contribution < 1.29 is 13.2 Å². The number of sulfonamides is 1. The summed E-state index contributed by atoms with van der Waals surface area (Å²) in [4.78, 5) is 12.3. The minimum Gasteiger partial charge on any atom is -0.352 e. The topological polar surface area (TPSA) is 66.5 Å². The summed E-state index contributed by atoms with van der Waals surface area (Å²) in [6.45, 7) is 0.945. The SMILES string of the molecule is O=C(CC1CCCCN1S(=O)(=O)c1cccs1)NCc1ccccc1. The lowest BCUT2D eigenvalue weighted by Gasteiger charge is -2.34. The molecule has 7 heteroatoms. The second-order valence-corrected chi connectivity index (χ2v) is 9.23. The van der Waals surface area contributed by atoms with Crippen molar-refractivity contribution in [1.82, 2.24) is 9.62 Å². The van der Waals surface area contributed by atoms with Crippen LogP contribution in [0.3, 0.4) is 0 Å². The number of piperidine rings is 1. The standard InChI is InChI=1S/C18H22N2O3S2/c21-17(19-14-15-7-2-1-3-8-15)13-16-9-4-5-11-20(16)25(22,23)18-10-6-12-24-18/h1-3,6-8,10,12,16H,4-5,9,11,13-14H2,(H,19,21). The first-order valence-corrected chi connectivity index (χ1v) is 10.8. The van der Waals surface area contributed by atoms with E-state index in [4.69, 9.17) is 0 Å². The van der Waals surface area contributed by atoms with Gasteiger partial charge in [-0.05, 0) is 29.9 Å². The molecule has 1 unspecified atom stereocenters. The Morgan fingerprint density at radius 3 is 2.68 bits per heavy atom. The van der Waals surface area contributed by atoms with Gasteiger partial charge >= 0.3 is 0 Å². The number of thiophene rings is 1. The molecule has 1 atom stereocenters. The molecular formula is C18H22N2O3S2. The zero-order chi connectivity index (χ0) is 17.7. The minimum absolute atomic E-state index is 0.109. The third-order valence-corrected chi connectivity index (χ3v) is 7.71. The number of carbonyl (C=O) groups excluding carboxylic acids is 1. The van der Waals surface area contributed by atoms with Gasteiger partial charge < -0.3 is 5.32 Å². The van der Waals surface area contributed by atoms with Crippen molar-refractivity contribution >= 4 is 27.3 Å². The third kappa shape index (κ3) is 4.48. The van der Waals surface area contributed by atoms with Crippen LogP contribution in [0.4, 0.5) is 0 Å². The fourth-order valence-electron chi connectivity index (χ4n) is 3.10. The molecule has 1 aromatic carbocycles. The van der Waals surface area contributed by atoms with Crippen molar-refractivity contribution in [2.75, 3.05) is 6.54 Å². The van der Waals surface area contributed by atoms with Crippen LogP contribution >= 0.6 is 11.3 Å². The molecule has 0 radical (unpaired) electrons. The van der Waals surface area contributed by atoms with Crippen molar-refractivity contribution in [3.05, 3.63) is 53.4 Å². The molecule has 0 spiro atoms. The largest absolute Gasteiger partial charge is 0.352 e. The van der Waals surface area contributed by atoms with Gasteiger partial charge in [-0.15, -0.1) is 11.3 Å². The number of benzene rings is 1. The fraction of sp³-hybridized carbons (Fsp3) is 0.389. The van der Waals surface area contributed by atoms with Crippen molar-refractivity contribution in [3.63, 3.8) is 0 Å². The number of amides is 1. The smallest absolute Gasteiger partial charge is 0.252 e. The lowest BCUT2D eigenvalue weighted by molar-refractivity contribution is -0.122. The van der Waals surface area contributed by atoms with Gasteiger partial charge in [-0.3, -0.25) is 4.79 Å². The van der Waals surface area contributed by atoms with Gasteiger partial charge in [-0.2, -0.15) is 4.31 Å². The highest BCUT2D eigenvalue weighted by atomic mass is 32.2. The highest BCUT2D eigenvalue weighted by molar-refractivity contribution is 7.91. The molecule has 25 heavy (non-hydrogen) atoms. The maximum atomic E-state index is 12.8. The van der Waals surface area contributed by atoms with E-state index in [0.717, 1.165) is 24.8 Å². The first kappa shape index (κ1) is 18.1. The van der Waals surface area contributed by atoms with Gasteiger partial charge in [0.1, 0.15) is 4.21 Å². The molecule has 1 saturated heterocycles. The van der Waals surface area contributed by atoms with Crippen LogP contribution in [0.5, 0.6) is 0 Å². The van der Waals surface area contributed by atoms with E-state index in [9.17, 15) is 13.2 Å². The monoisotopic (exact) mass is 378 g/mol. The molecule has 2 heterocycles. The van der Waals surface area contributed by atoms with Crippen molar-refractivity contribution in [1.29, 1.82) is 0 Å². The quantitative estimate of drug-likeness (QED) is 0.840. The molecule has 0 bridgehead atoms. The van der Waals surface area contributed by atoms with Crippen LogP contribution in [0.25, 0.3) is 0 Å². The maximum absolute atomic E-state index is 12.8. The van der Waals surface area contributed by atoms with Gasteiger partial charge in [0.05, 0.1) is 0 Å². The molecule has 1 N–H and O–H groups in total. The van der Waals surface area contributed by atoms with Crippen molar-refractivity contribution in [2.45, 2.75) is 42.5 Å². The number of nitrogens with zero attached hydrogens (tertiary/aromatic N) is 1. The predicted molar refractivity (Wildman–Crippen MR) is 98.8 cm³/mol. The summed E-state index contributed by atoms with van der Waals surface area (Å²) in [5.41, 5.74) is 1.03. The maximum Gasteiger partial charge on any atom is 0.252 e. The number of nitrogens with one attached hydrogen (secondary N) is 1. The molecule has 1 aliphatic heterocycles. The van der Waals surface area contributed by atoms with E-state index in [-0.39, 0.29) is 18.4 Å². The first-order valence-electron chi connectivity index (χ1n) is 8.43. The van der Waals surface area contributed by atoms with Crippen LogP contribution in [-0.2, 0) is 21.4 Å². The van der Waals surface area contributed by atoms with Gasteiger partial charge in [-0.1, -0.05) is 42.8 Å². The van der Waals surface area contributed by atoms with Crippen LogP contribution < -0.4 is 5.32 Å². The predicted octanol–water partition coefficient (Wildman–Crippen LogP) is 3.00. The molecular weight excluding hydrogens is 356 g/mol. The summed E-state index contributed by atoms with van der Waals surface area (Å²) in [5, 5.41) is 4.66. The molecule has 134 valence electrons. The average molecular weight is 379 g/mol. The average Bonchev–Trinajstić information content (AvgIpc) is 3.17. The number of hydrogen-bond donors (Lipinski definition) is 1. The van der Waals surface area contributed by atoms with E-state index in [2.05, 4.69) is 5.32 Å². The first-order chi connectivity index (χ1) is 12.1. The van der Waals surface area contributed by atoms with Gasteiger partial charge in [-0.25, -0.2) is 8.42 Å². The van der Waals surface area contributed by atoms with Gasteiger partial charge in [0.15, 0.2) is 0 Å². The fourth-order valence-corrected chi connectivity index (χ4v) is 5.92. The van der Waals surface area contributed by atoms with Crippen LogP contribution in [0.2, 0.25) is 0 Å². The minimum atomic E-state index is -3.51. The second-order valence-electron chi connectivity index (χ2n) is 6.16. The van der Waals surface area contributed by atoms with E-state index < -0.39 is 10.0 Å². The van der Waals surface area contributed by atoms with Crippen LogP contribution in [0.15, 0.2) is 52.1 Å². The molecule has 1 aliphatic rings. The third-order valence-electron chi connectivity index (χ3n) is 4.38. The lowest BCUT2D eigenvalue weighted by atomic mass is 10.0. The van der Waals surface area contributed by atoms with Crippen molar-refractivity contribution in [3.8, 4) is 0 Å².